The van der Waals surface area contributed by atoms with Crippen molar-refractivity contribution in [1.82, 2.24) is 5.32 Å². The normalized spacial score (nSPS) is 12.2. The first-order chi connectivity index (χ1) is 11.1. The molecule has 2 rings (SSSR count). The first kappa shape index (κ1) is 17.3. The number of hydrogen-bond donors (Lipinski definition) is 1. The van der Waals surface area contributed by atoms with Gasteiger partial charge in [-0.25, -0.2) is 0 Å². The van der Waals surface area contributed by atoms with E-state index in [0.29, 0.717) is 24.8 Å². The molecule has 0 saturated heterocycles. The lowest BCUT2D eigenvalue weighted by Crippen LogP contribution is -2.27. The van der Waals surface area contributed by atoms with Crippen molar-refractivity contribution >= 4 is 5.91 Å². The van der Waals surface area contributed by atoms with Crippen molar-refractivity contribution in [1.29, 1.82) is 0 Å². The molecule has 0 aliphatic heterocycles. The molecule has 1 N–H and O–H groups in total. The van der Waals surface area contributed by atoms with Crippen LogP contribution in [-0.4, -0.2) is 12.5 Å². The highest BCUT2D eigenvalue weighted by Crippen LogP contribution is 2.16. The molecule has 0 aliphatic carbocycles. The number of carbonyl (C=O) groups excluding carboxylic acids is 1. The third-order valence-electron chi connectivity index (χ3n) is 4.26. The van der Waals surface area contributed by atoms with Crippen LogP contribution >= 0.6 is 0 Å². The van der Waals surface area contributed by atoms with E-state index in [1.165, 1.54) is 16.7 Å². The van der Waals surface area contributed by atoms with Crippen molar-refractivity contribution in [2.45, 2.75) is 45.4 Å². The third-order valence-corrected chi connectivity index (χ3v) is 4.26. The molecule has 0 saturated carbocycles. The van der Waals surface area contributed by atoms with Gasteiger partial charge in [-0.15, -0.1) is 0 Å². The molecule has 0 heterocycles. The minimum atomic E-state index is 0.126. The Labute approximate surface area is 139 Å². The fourth-order valence-electron chi connectivity index (χ4n) is 2.58. The summed E-state index contributed by atoms with van der Waals surface area (Å²) in [6.45, 7) is 7.21. The molecule has 2 aromatic rings. The summed E-state index contributed by atoms with van der Waals surface area (Å²) in [5, 5.41) is 3.04. The van der Waals surface area contributed by atoms with Crippen molar-refractivity contribution < 1.29 is 4.79 Å². The van der Waals surface area contributed by atoms with Crippen LogP contribution in [0.15, 0.2) is 54.6 Å². The van der Waals surface area contributed by atoms with Crippen molar-refractivity contribution in [3.05, 3.63) is 71.3 Å². The van der Waals surface area contributed by atoms with E-state index >= 15 is 0 Å². The summed E-state index contributed by atoms with van der Waals surface area (Å²) >= 11 is 0. The molecule has 1 atom stereocenters. The first-order valence-electron chi connectivity index (χ1n) is 8.46. The number of hydrogen-bond acceptors (Lipinski definition) is 1. The van der Waals surface area contributed by atoms with Crippen molar-refractivity contribution in [3.8, 4) is 0 Å². The zero-order chi connectivity index (χ0) is 16.7. The number of carbonyl (C=O) groups is 1. The molecular weight excluding hydrogens is 282 g/mol. The van der Waals surface area contributed by atoms with Crippen molar-refractivity contribution in [3.63, 3.8) is 0 Å². The van der Waals surface area contributed by atoms with Crippen LogP contribution in [0.25, 0.3) is 0 Å². The van der Waals surface area contributed by atoms with Gasteiger partial charge < -0.3 is 5.32 Å². The molecule has 0 bridgehead atoms. The van der Waals surface area contributed by atoms with Gasteiger partial charge in [-0.1, -0.05) is 75.4 Å². The number of aryl methyl sites for hydroxylation is 1. The first-order valence-corrected chi connectivity index (χ1v) is 8.46. The van der Waals surface area contributed by atoms with Gasteiger partial charge in [0.25, 0.3) is 0 Å². The van der Waals surface area contributed by atoms with Gasteiger partial charge >= 0.3 is 0 Å². The van der Waals surface area contributed by atoms with E-state index in [9.17, 15) is 4.79 Å². The molecule has 2 aromatic carbocycles. The van der Waals surface area contributed by atoms with Crippen LogP contribution < -0.4 is 5.32 Å². The minimum Gasteiger partial charge on any atom is -0.355 e. The van der Waals surface area contributed by atoms with Crippen LogP contribution in [0, 0.1) is 0 Å². The summed E-state index contributed by atoms with van der Waals surface area (Å²) in [4.78, 5) is 12.0. The molecule has 2 heteroatoms. The summed E-state index contributed by atoms with van der Waals surface area (Å²) in [7, 11) is 0. The maximum Gasteiger partial charge on any atom is 0.220 e. The van der Waals surface area contributed by atoms with Crippen LogP contribution in [0.2, 0.25) is 0 Å². The van der Waals surface area contributed by atoms with Gasteiger partial charge in [0.2, 0.25) is 5.91 Å². The predicted molar refractivity (Wildman–Crippen MR) is 96.7 cm³/mol. The molecule has 122 valence electrons. The van der Waals surface area contributed by atoms with Crippen LogP contribution in [0.3, 0.4) is 0 Å². The highest BCUT2D eigenvalue weighted by atomic mass is 16.1. The SMILES string of the molecule is CC(C)c1ccc(CCC(=O)NC[C@@H](C)c2ccccc2)cc1. The molecule has 0 fully saturated rings. The summed E-state index contributed by atoms with van der Waals surface area (Å²) in [6.07, 6.45) is 1.34. The Kier molecular flexibility index (Phi) is 6.40. The Bertz CT molecular complexity index is 601. The average molecular weight is 309 g/mol. The smallest absolute Gasteiger partial charge is 0.220 e. The summed E-state index contributed by atoms with van der Waals surface area (Å²) in [5.41, 5.74) is 3.83. The Balaban J connectivity index is 1.74. The van der Waals surface area contributed by atoms with Gasteiger partial charge in [0, 0.05) is 13.0 Å². The zero-order valence-corrected chi connectivity index (χ0v) is 14.4. The van der Waals surface area contributed by atoms with Crippen molar-refractivity contribution in [2.24, 2.45) is 0 Å². The van der Waals surface area contributed by atoms with E-state index in [1.807, 2.05) is 18.2 Å². The van der Waals surface area contributed by atoms with Crippen LogP contribution in [0.1, 0.15) is 55.7 Å². The van der Waals surface area contributed by atoms with Crippen LogP contribution in [0.5, 0.6) is 0 Å². The number of rotatable bonds is 7. The fourth-order valence-corrected chi connectivity index (χ4v) is 2.58. The monoisotopic (exact) mass is 309 g/mol. The van der Waals surface area contributed by atoms with E-state index < -0.39 is 0 Å². The quantitative estimate of drug-likeness (QED) is 0.791. The molecule has 1 amide bonds. The van der Waals surface area contributed by atoms with Crippen LogP contribution in [0.4, 0.5) is 0 Å². The van der Waals surface area contributed by atoms with E-state index in [4.69, 9.17) is 0 Å². The maximum absolute atomic E-state index is 12.0. The maximum atomic E-state index is 12.0. The minimum absolute atomic E-state index is 0.126. The number of benzene rings is 2. The highest BCUT2D eigenvalue weighted by molar-refractivity contribution is 5.76. The van der Waals surface area contributed by atoms with E-state index in [2.05, 4.69) is 62.5 Å². The van der Waals surface area contributed by atoms with Crippen molar-refractivity contribution in [2.75, 3.05) is 6.54 Å². The second-order valence-electron chi connectivity index (χ2n) is 6.51. The molecule has 0 spiro atoms. The highest BCUT2D eigenvalue weighted by Gasteiger charge is 2.08. The lowest BCUT2D eigenvalue weighted by molar-refractivity contribution is -0.121. The van der Waals surface area contributed by atoms with Gasteiger partial charge in [0.15, 0.2) is 0 Å². The number of amides is 1. The summed E-state index contributed by atoms with van der Waals surface area (Å²) in [6, 6.07) is 18.9. The topological polar surface area (TPSA) is 29.1 Å². The molecule has 0 aromatic heterocycles. The Morgan fingerprint density at radius 1 is 0.913 bits per heavy atom. The predicted octanol–water partition coefficient (Wildman–Crippen LogP) is 4.66. The average Bonchev–Trinajstić information content (AvgIpc) is 2.59. The summed E-state index contributed by atoms with van der Waals surface area (Å²) < 4.78 is 0. The second-order valence-corrected chi connectivity index (χ2v) is 6.51. The summed E-state index contributed by atoms with van der Waals surface area (Å²) in [5.74, 6) is 1.01. The lowest BCUT2D eigenvalue weighted by atomic mass is 10.00. The second kappa shape index (κ2) is 8.52. The van der Waals surface area contributed by atoms with E-state index in [-0.39, 0.29) is 5.91 Å². The third kappa shape index (κ3) is 5.55. The molecule has 0 unspecified atom stereocenters. The Morgan fingerprint density at radius 2 is 1.57 bits per heavy atom. The van der Waals surface area contributed by atoms with E-state index in [0.717, 1.165) is 6.42 Å². The van der Waals surface area contributed by atoms with Gasteiger partial charge in [-0.05, 0) is 34.9 Å². The zero-order valence-electron chi connectivity index (χ0n) is 14.4. The van der Waals surface area contributed by atoms with Gasteiger partial charge in [-0.2, -0.15) is 0 Å². The largest absolute Gasteiger partial charge is 0.355 e. The van der Waals surface area contributed by atoms with Gasteiger partial charge in [0.1, 0.15) is 0 Å². The lowest BCUT2D eigenvalue weighted by Gasteiger charge is -2.13. The van der Waals surface area contributed by atoms with Gasteiger partial charge in [-0.3, -0.25) is 4.79 Å². The van der Waals surface area contributed by atoms with Crippen LogP contribution in [-0.2, 0) is 11.2 Å². The number of nitrogens with one attached hydrogen (secondary N) is 1. The molecule has 0 aliphatic rings. The fraction of sp³-hybridized carbons (Fsp3) is 0.381. The molecule has 23 heavy (non-hydrogen) atoms. The Morgan fingerprint density at radius 3 is 2.17 bits per heavy atom. The Hall–Kier alpha value is -2.09. The molecule has 0 radical (unpaired) electrons. The standard InChI is InChI=1S/C21H27NO/c1-16(2)19-12-9-18(10-13-19)11-14-21(23)22-15-17(3)20-7-5-4-6-8-20/h4-10,12-13,16-17H,11,14-15H2,1-3H3,(H,22,23)/t17-/m1/s1. The van der Waals surface area contributed by atoms with Gasteiger partial charge in [0.05, 0.1) is 0 Å². The van der Waals surface area contributed by atoms with E-state index in [1.54, 1.807) is 0 Å². The molecule has 2 nitrogen and oxygen atoms in total. The molecular formula is C21H27NO.